The molecular weight excluding hydrogens is 290 g/mol. The highest BCUT2D eigenvalue weighted by Gasteiger charge is 2.12. The summed E-state index contributed by atoms with van der Waals surface area (Å²) >= 11 is 0. The molecule has 0 radical (unpaired) electrons. The molecule has 0 atom stereocenters. The van der Waals surface area contributed by atoms with Gasteiger partial charge in [-0.25, -0.2) is 0 Å². The summed E-state index contributed by atoms with van der Waals surface area (Å²) in [6.45, 7) is 0.856. The lowest BCUT2D eigenvalue weighted by atomic mass is 9.98. The number of rotatable bonds is 5. The summed E-state index contributed by atoms with van der Waals surface area (Å²) in [5.41, 5.74) is 3.88. The van der Waals surface area contributed by atoms with E-state index in [1.165, 1.54) is 16.7 Å². The first-order valence-electron chi connectivity index (χ1n) is 7.31. The van der Waals surface area contributed by atoms with Crippen LogP contribution in [0.4, 0.5) is 0 Å². The molecule has 0 aliphatic heterocycles. The Balaban J connectivity index is 0.00000176. The van der Waals surface area contributed by atoms with E-state index in [1.54, 1.807) is 0 Å². The topological polar surface area (TPSA) is 12.0 Å². The maximum absolute atomic E-state index is 3.67. The van der Waals surface area contributed by atoms with Crippen LogP contribution in [0.5, 0.6) is 0 Å². The minimum Gasteiger partial charge on any atom is -0.302 e. The monoisotopic (exact) mass is 309 g/mol. The molecule has 0 saturated carbocycles. The van der Waals surface area contributed by atoms with E-state index in [9.17, 15) is 0 Å². The molecule has 112 valence electrons. The van der Waals surface area contributed by atoms with E-state index in [1.807, 2.05) is 0 Å². The highest BCUT2D eigenvalue weighted by atomic mass is 35.5. The number of nitrogens with one attached hydrogen (secondary N) is 1. The van der Waals surface area contributed by atoms with Crippen LogP contribution in [0.1, 0.15) is 22.7 Å². The van der Waals surface area contributed by atoms with E-state index in [4.69, 9.17) is 0 Å². The summed E-state index contributed by atoms with van der Waals surface area (Å²) in [6.07, 6.45) is 0. The van der Waals surface area contributed by atoms with Gasteiger partial charge in [0.2, 0.25) is 0 Å². The van der Waals surface area contributed by atoms with Crippen LogP contribution in [-0.2, 0) is 6.54 Å². The summed E-state index contributed by atoms with van der Waals surface area (Å²) in [5, 5.41) is 3.67. The molecule has 2 heteroatoms. The van der Waals surface area contributed by atoms with Crippen LogP contribution >= 0.6 is 12.4 Å². The van der Waals surface area contributed by atoms with Gasteiger partial charge in [0.05, 0.1) is 6.04 Å². The van der Waals surface area contributed by atoms with E-state index >= 15 is 0 Å². The third-order valence-electron chi connectivity index (χ3n) is 3.62. The molecule has 3 aromatic carbocycles. The van der Waals surface area contributed by atoms with Gasteiger partial charge in [0.15, 0.2) is 0 Å². The lowest BCUT2D eigenvalue weighted by Crippen LogP contribution is -2.21. The minimum atomic E-state index is 0. The van der Waals surface area contributed by atoms with Crippen LogP contribution in [-0.4, -0.2) is 0 Å². The van der Waals surface area contributed by atoms with Crippen LogP contribution < -0.4 is 5.32 Å². The predicted octanol–water partition coefficient (Wildman–Crippen LogP) is 4.99. The second kappa shape index (κ2) is 8.38. The standard InChI is InChI=1S/C20H19N.ClH/c1-4-10-17(11-5-1)16-21-20(18-12-6-2-7-13-18)19-14-8-3-9-15-19;/h1-15,20-21H,16H2;1H. The first-order chi connectivity index (χ1) is 10.4. The van der Waals surface area contributed by atoms with Gasteiger partial charge in [0.1, 0.15) is 0 Å². The Morgan fingerprint density at radius 2 is 1.00 bits per heavy atom. The largest absolute Gasteiger partial charge is 0.302 e. The summed E-state index contributed by atoms with van der Waals surface area (Å²) in [6, 6.07) is 31.9. The SMILES string of the molecule is Cl.c1ccc(CNC(c2ccccc2)c2ccccc2)cc1. The molecule has 0 saturated heterocycles. The normalized spacial score (nSPS) is 10.2. The lowest BCUT2D eigenvalue weighted by Gasteiger charge is -2.20. The van der Waals surface area contributed by atoms with E-state index in [2.05, 4.69) is 96.3 Å². The van der Waals surface area contributed by atoms with Gasteiger partial charge in [0.25, 0.3) is 0 Å². The van der Waals surface area contributed by atoms with Crippen LogP contribution in [0.15, 0.2) is 91.0 Å². The van der Waals surface area contributed by atoms with Gasteiger partial charge in [-0.05, 0) is 16.7 Å². The second-order valence-electron chi connectivity index (χ2n) is 5.12. The highest BCUT2D eigenvalue weighted by Crippen LogP contribution is 2.22. The van der Waals surface area contributed by atoms with Crippen LogP contribution in [0.2, 0.25) is 0 Å². The Labute approximate surface area is 138 Å². The molecule has 0 heterocycles. The molecule has 3 rings (SSSR count). The molecule has 0 unspecified atom stereocenters. The lowest BCUT2D eigenvalue weighted by molar-refractivity contribution is 0.605. The number of halogens is 1. The first-order valence-corrected chi connectivity index (χ1v) is 7.31. The molecule has 0 aliphatic carbocycles. The average molecular weight is 310 g/mol. The number of hydrogen-bond donors (Lipinski definition) is 1. The van der Waals surface area contributed by atoms with Gasteiger partial charge in [-0.3, -0.25) is 0 Å². The van der Waals surface area contributed by atoms with Gasteiger partial charge in [0, 0.05) is 6.54 Å². The molecule has 22 heavy (non-hydrogen) atoms. The quantitative estimate of drug-likeness (QED) is 0.700. The maximum atomic E-state index is 3.67. The fourth-order valence-corrected chi connectivity index (χ4v) is 2.53. The second-order valence-corrected chi connectivity index (χ2v) is 5.12. The van der Waals surface area contributed by atoms with E-state index in [0.29, 0.717) is 0 Å². The van der Waals surface area contributed by atoms with Crippen LogP contribution in [0, 0.1) is 0 Å². The Morgan fingerprint density at radius 1 is 0.591 bits per heavy atom. The zero-order valence-corrected chi connectivity index (χ0v) is 13.2. The summed E-state index contributed by atoms with van der Waals surface area (Å²) in [4.78, 5) is 0. The smallest absolute Gasteiger partial charge is 0.0579 e. The van der Waals surface area contributed by atoms with Gasteiger partial charge < -0.3 is 5.32 Å². The fourth-order valence-electron chi connectivity index (χ4n) is 2.53. The van der Waals surface area contributed by atoms with Crippen molar-refractivity contribution in [1.29, 1.82) is 0 Å². The fraction of sp³-hybridized carbons (Fsp3) is 0.100. The van der Waals surface area contributed by atoms with Crippen molar-refractivity contribution in [1.82, 2.24) is 5.32 Å². The Bertz CT molecular complexity index is 614. The van der Waals surface area contributed by atoms with Crippen LogP contribution in [0.3, 0.4) is 0 Å². The van der Waals surface area contributed by atoms with E-state index in [0.717, 1.165) is 6.54 Å². The molecule has 0 amide bonds. The first kappa shape index (κ1) is 16.3. The summed E-state index contributed by atoms with van der Waals surface area (Å²) in [5.74, 6) is 0. The summed E-state index contributed by atoms with van der Waals surface area (Å²) in [7, 11) is 0. The predicted molar refractivity (Wildman–Crippen MR) is 95.3 cm³/mol. The van der Waals surface area contributed by atoms with Crippen molar-refractivity contribution in [2.75, 3.05) is 0 Å². The Kier molecular flexibility index (Phi) is 6.20. The van der Waals surface area contributed by atoms with Gasteiger partial charge in [-0.15, -0.1) is 12.4 Å². The van der Waals surface area contributed by atoms with Crippen molar-refractivity contribution >= 4 is 12.4 Å². The molecule has 0 aromatic heterocycles. The Morgan fingerprint density at radius 3 is 1.45 bits per heavy atom. The molecule has 3 aromatic rings. The van der Waals surface area contributed by atoms with Crippen molar-refractivity contribution in [3.05, 3.63) is 108 Å². The summed E-state index contributed by atoms with van der Waals surface area (Å²) < 4.78 is 0. The third-order valence-corrected chi connectivity index (χ3v) is 3.62. The zero-order chi connectivity index (χ0) is 14.3. The number of benzene rings is 3. The molecule has 0 aliphatic rings. The molecule has 0 fully saturated rings. The molecule has 1 N–H and O–H groups in total. The van der Waals surface area contributed by atoms with Crippen molar-refractivity contribution in [2.24, 2.45) is 0 Å². The van der Waals surface area contributed by atoms with Crippen molar-refractivity contribution in [3.8, 4) is 0 Å². The molecule has 1 nitrogen and oxygen atoms in total. The maximum Gasteiger partial charge on any atom is 0.0579 e. The molecule has 0 spiro atoms. The van der Waals surface area contributed by atoms with Crippen molar-refractivity contribution in [2.45, 2.75) is 12.6 Å². The number of hydrogen-bond acceptors (Lipinski definition) is 1. The molecular formula is C20H20ClN. The van der Waals surface area contributed by atoms with E-state index < -0.39 is 0 Å². The highest BCUT2D eigenvalue weighted by molar-refractivity contribution is 5.85. The van der Waals surface area contributed by atoms with Crippen molar-refractivity contribution < 1.29 is 0 Å². The van der Waals surface area contributed by atoms with Gasteiger partial charge >= 0.3 is 0 Å². The van der Waals surface area contributed by atoms with E-state index in [-0.39, 0.29) is 18.4 Å². The minimum absolute atomic E-state index is 0. The van der Waals surface area contributed by atoms with Gasteiger partial charge in [-0.2, -0.15) is 0 Å². The third kappa shape index (κ3) is 4.20. The van der Waals surface area contributed by atoms with Crippen molar-refractivity contribution in [3.63, 3.8) is 0 Å². The molecule has 0 bridgehead atoms. The van der Waals surface area contributed by atoms with Gasteiger partial charge in [-0.1, -0.05) is 91.0 Å². The zero-order valence-electron chi connectivity index (χ0n) is 12.4. The average Bonchev–Trinajstić information content (AvgIpc) is 2.58. The Hall–Kier alpha value is -2.09. The van der Waals surface area contributed by atoms with Crippen LogP contribution in [0.25, 0.3) is 0 Å².